The summed E-state index contributed by atoms with van der Waals surface area (Å²) in [6.07, 6.45) is 2.67. The zero-order valence-electron chi connectivity index (χ0n) is 12.5. The molecule has 0 aromatic heterocycles. The number of carbonyl (C=O) groups excluding carboxylic acids is 2. The molecule has 0 spiro atoms. The first-order valence-corrected chi connectivity index (χ1v) is 8.06. The summed E-state index contributed by atoms with van der Waals surface area (Å²) in [5, 5.41) is 8.89. The van der Waals surface area contributed by atoms with Crippen LogP contribution in [0.3, 0.4) is 0 Å². The van der Waals surface area contributed by atoms with E-state index in [1.807, 2.05) is 6.92 Å². The molecule has 0 bridgehead atoms. The van der Waals surface area contributed by atoms with E-state index in [1.54, 1.807) is 37.4 Å². The Morgan fingerprint density at radius 3 is 2.19 bits per heavy atom. The highest BCUT2D eigenvalue weighted by atomic mass is 32.2. The summed E-state index contributed by atoms with van der Waals surface area (Å²) >= 11 is 1.05. The van der Waals surface area contributed by atoms with E-state index >= 15 is 0 Å². The van der Waals surface area contributed by atoms with Crippen LogP contribution in [0.2, 0.25) is 0 Å². The van der Waals surface area contributed by atoms with Gasteiger partial charge in [-0.25, -0.2) is 0 Å². The molecule has 1 N–H and O–H groups in total. The molecule has 0 saturated heterocycles. The first-order valence-electron chi connectivity index (χ1n) is 6.84. The van der Waals surface area contributed by atoms with Gasteiger partial charge in [-0.05, 0) is 31.6 Å². The number of hydrogen-bond acceptors (Lipinski definition) is 4. The van der Waals surface area contributed by atoms with Gasteiger partial charge in [0.1, 0.15) is 0 Å². The Labute approximate surface area is 128 Å². The minimum absolute atomic E-state index is 0.152. The van der Waals surface area contributed by atoms with Crippen molar-refractivity contribution < 1.29 is 19.5 Å². The fourth-order valence-corrected chi connectivity index (χ4v) is 2.49. The largest absolute Gasteiger partial charge is 0.481 e. The molecule has 0 fully saturated rings. The predicted octanol–water partition coefficient (Wildman–Crippen LogP) is 3.05. The number of carboxylic acids is 1. The van der Waals surface area contributed by atoms with Crippen molar-refractivity contribution in [2.75, 3.05) is 6.26 Å². The average molecular weight is 308 g/mol. The number of thioether (sulfide) groups is 1. The third kappa shape index (κ3) is 4.70. The van der Waals surface area contributed by atoms with Crippen molar-refractivity contribution in [1.82, 2.24) is 0 Å². The van der Waals surface area contributed by atoms with E-state index in [0.717, 1.165) is 17.3 Å². The standard InChI is InChI=1S/C16H20O4S/c1-4-12(15(18)19)9-11-5-7-13(8-6-11)14(17)10(2)16(20)21-3/h5-8,10,12H,4,9H2,1-3H3,(H,18,19). The zero-order valence-corrected chi connectivity index (χ0v) is 13.3. The van der Waals surface area contributed by atoms with E-state index in [9.17, 15) is 14.4 Å². The van der Waals surface area contributed by atoms with Crippen molar-refractivity contribution in [2.45, 2.75) is 26.7 Å². The van der Waals surface area contributed by atoms with Crippen LogP contribution in [0.1, 0.15) is 36.2 Å². The van der Waals surface area contributed by atoms with Gasteiger partial charge in [0.05, 0.1) is 11.8 Å². The lowest BCUT2D eigenvalue weighted by Crippen LogP contribution is -2.19. The molecule has 0 heterocycles. The van der Waals surface area contributed by atoms with Crippen LogP contribution in [0.15, 0.2) is 24.3 Å². The topological polar surface area (TPSA) is 71.4 Å². The molecule has 0 aliphatic heterocycles. The number of hydrogen-bond donors (Lipinski definition) is 1. The minimum Gasteiger partial charge on any atom is -0.481 e. The molecule has 2 unspecified atom stereocenters. The molecule has 0 radical (unpaired) electrons. The molecule has 114 valence electrons. The molecule has 0 saturated carbocycles. The molecule has 2 atom stereocenters. The van der Waals surface area contributed by atoms with Crippen LogP contribution >= 0.6 is 11.8 Å². The van der Waals surface area contributed by atoms with Crippen LogP contribution in [-0.2, 0) is 16.0 Å². The lowest BCUT2D eigenvalue weighted by Gasteiger charge is -2.11. The molecule has 4 nitrogen and oxygen atoms in total. The molecule has 0 amide bonds. The van der Waals surface area contributed by atoms with Crippen molar-refractivity contribution in [3.8, 4) is 0 Å². The van der Waals surface area contributed by atoms with Gasteiger partial charge in [-0.15, -0.1) is 0 Å². The van der Waals surface area contributed by atoms with E-state index in [4.69, 9.17) is 5.11 Å². The Morgan fingerprint density at radius 2 is 1.76 bits per heavy atom. The van der Waals surface area contributed by atoms with Gasteiger partial charge < -0.3 is 5.11 Å². The quantitative estimate of drug-likeness (QED) is 0.619. The number of Topliss-reactive ketones (excluding diaryl/α,β-unsaturated/α-hetero) is 1. The Bertz CT molecular complexity index is 522. The van der Waals surface area contributed by atoms with Crippen molar-refractivity contribution in [1.29, 1.82) is 0 Å². The maximum absolute atomic E-state index is 12.1. The summed E-state index contributed by atoms with van der Waals surface area (Å²) in [5.41, 5.74) is 1.36. The van der Waals surface area contributed by atoms with Gasteiger partial charge in [0.25, 0.3) is 0 Å². The Morgan fingerprint density at radius 1 is 1.19 bits per heavy atom. The predicted molar refractivity (Wildman–Crippen MR) is 83.6 cm³/mol. The highest BCUT2D eigenvalue weighted by molar-refractivity contribution is 8.13. The van der Waals surface area contributed by atoms with E-state index in [0.29, 0.717) is 18.4 Å². The summed E-state index contributed by atoms with van der Waals surface area (Å²) in [7, 11) is 0. The molecule has 1 rings (SSSR count). The lowest BCUT2D eigenvalue weighted by atomic mass is 9.94. The monoisotopic (exact) mass is 308 g/mol. The highest BCUT2D eigenvalue weighted by Crippen LogP contribution is 2.17. The maximum Gasteiger partial charge on any atom is 0.306 e. The summed E-state index contributed by atoms with van der Waals surface area (Å²) in [4.78, 5) is 34.7. The fraction of sp³-hybridized carbons (Fsp3) is 0.438. The van der Waals surface area contributed by atoms with Gasteiger partial charge in [-0.1, -0.05) is 43.0 Å². The maximum atomic E-state index is 12.1. The Kier molecular flexibility index (Phi) is 6.62. The van der Waals surface area contributed by atoms with Crippen molar-refractivity contribution >= 4 is 28.6 Å². The third-order valence-electron chi connectivity index (χ3n) is 3.51. The number of rotatable bonds is 7. The van der Waals surface area contributed by atoms with Crippen LogP contribution in [0, 0.1) is 11.8 Å². The first kappa shape index (κ1) is 17.4. The normalized spacial score (nSPS) is 13.5. The second-order valence-corrected chi connectivity index (χ2v) is 5.76. The smallest absolute Gasteiger partial charge is 0.306 e. The van der Waals surface area contributed by atoms with Crippen molar-refractivity contribution in [3.05, 3.63) is 35.4 Å². The van der Waals surface area contributed by atoms with Crippen molar-refractivity contribution in [3.63, 3.8) is 0 Å². The third-order valence-corrected chi connectivity index (χ3v) is 4.27. The molecule has 1 aromatic rings. The Balaban J connectivity index is 2.80. The SMILES string of the molecule is CCC(Cc1ccc(C(=O)C(C)C(=O)SC)cc1)C(=O)O. The van der Waals surface area contributed by atoms with Gasteiger partial charge in [0, 0.05) is 5.56 Å². The molecular weight excluding hydrogens is 288 g/mol. The number of aliphatic carboxylic acids is 1. The summed E-state index contributed by atoms with van der Waals surface area (Å²) in [6.45, 7) is 3.44. The summed E-state index contributed by atoms with van der Waals surface area (Å²) < 4.78 is 0. The number of benzene rings is 1. The zero-order chi connectivity index (χ0) is 16.0. The second kappa shape index (κ2) is 7.98. The average Bonchev–Trinajstić information content (AvgIpc) is 2.50. The molecule has 1 aromatic carbocycles. The summed E-state index contributed by atoms with van der Waals surface area (Å²) in [5.74, 6) is -2.08. The van der Waals surface area contributed by atoms with Gasteiger partial charge in [-0.3, -0.25) is 14.4 Å². The van der Waals surface area contributed by atoms with Gasteiger partial charge in [-0.2, -0.15) is 0 Å². The number of ketones is 1. The Hall–Kier alpha value is -1.62. The molecular formula is C16H20O4S. The first-order chi connectivity index (χ1) is 9.90. The van der Waals surface area contributed by atoms with E-state index in [2.05, 4.69) is 0 Å². The van der Waals surface area contributed by atoms with E-state index in [-0.39, 0.29) is 10.9 Å². The van der Waals surface area contributed by atoms with Gasteiger partial charge in [0.2, 0.25) is 0 Å². The van der Waals surface area contributed by atoms with Crippen LogP contribution < -0.4 is 0 Å². The van der Waals surface area contributed by atoms with E-state index < -0.39 is 17.8 Å². The second-order valence-electron chi connectivity index (χ2n) is 4.95. The fourth-order valence-electron chi connectivity index (χ4n) is 2.03. The number of carbonyl (C=O) groups is 3. The van der Waals surface area contributed by atoms with E-state index in [1.165, 1.54) is 0 Å². The molecule has 0 aliphatic carbocycles. The molecule has 0 aliphatic rings. The molecule has 5 heteroatoms. The van der Waals surface area contributed by atoms with Gasteiger partial charge in [0.15, 0.2) is 10.9 Å². The summed E-state index contributed by atoms with van der Waals surface area (Å²) in [6, 6.07) is 6.84. The minimum atomic E-state index is -0.808. The highest BCUT2D eigenvalue weighted by Gasteiger charge is 2.22. The number of carboxylic acid groups (broad SMARTS) is 1. The van der Waals surface area contributed by atoms with Crippen LogP contribution in [0.5, 0.6) is 0 Å². The van der Waals surface area contributed by atoms with Crippen LogP contribution in [0.25, 0.3) is 0 Å². The van der Waals surface area contributed by atoms with Crippen LogP contribution in [-0.4, -0.2) is 28.2 Å². The molecule has 21 heavy (non-hydrogen) atoms. The lowest BCUT2D eigenvalue weighted by molar-refractivity contribution is -0.141. The van der Waals surface area contributed by atoms with Crippen molar-refractivity contribution in [2.24, 2.45) is 11.8 Å². The van der Waals surface area contributed by atoms with Gasteiger partial charge >= 0.3 is 5.97 Å². The van der Waals surface area contributed by atoms with Crippen LogP contribution in [0.4, 0.5) is 0 Å².